The molecule has 0 amide bonds. The van der Waals surface area contributed by atoms with E-state index in [1.165, 1.54) is 18.2 Å². The van der Waals surface area contributed by atoms with Gasteiger partial charge < -0.3 is 10.5 Å². The number of hydrogen-bond acceptors (Lipinski definition) is 2. The van der Waals surface area contributed by atoms with Gasteiger partial charge in [0.2, 0.25) is 0 Å². The summed E-state index contributed by atoms with van der Waals surface area (Å²) in [6, 6.07) is 8.17. The van der Waals surface area contributed by atoms with Gasteiger partial charge in [0, 0.05) is 11.6 Å². The van der Waals surface area contributed by atoms with Crippen LogP contribution in [0.4, 0.5) is 8.78 Å². The molecule has 0 aliphatic rings. The molecule has 0 radical (unpaired) electrons. The molecule has 112 valence electrons. The molecule has 2 nitrogen and oxygen atoms in total. The molecular weight excluding hydrogens is 296 g/mol. The minimum absolute atomic E-state index is 0.130. The quantitative estimate of drug-likeness (QED) is 0.869. The average molecular weight is 312 g/mol. The number of rotatable bonds is 5. The van der Waals surface area contributed by atoms with Gasteiger partial charge in [0.1, 0.15) is 23.1 Å². The molecule has 2 rings (SSSR count). The van der Waals surface area contributed by atoms with Gasteiger partial charge in [0.25, 0.3) is 0 Å². The zero-order valence-electron chi connectivity index (χ0n) is 11.6. The van der Waals surface area contributed by atoms with Crippen LogP contribution in [0.1, 0.15) is 18.9 Å². The first-order chi connectivity index (χ1) is 10.0. The van der Waals surface area contributed by atoms with Crippen molar-refractivity contribution in [2.24, 2.45) is 5.73 Å². The molecule has 0 aromatic heterocycles. The van der Waals surface area contributed by atoms with Crippen LogP contribution in [0.3, 0.4) is 0 Å². The van der Waals surface area contributed by atoms with E-state index in [9.17, 15) is 8.78 Å². The molecule has 21 heavy (non-hydrogen) atoms. The third kappa shape index (κ3) is 3.93. The molecule has 5 heteroatoms. The monoisotopic (exact) mass is 311 g/mol. The highest BCUT2D eigenvalue weighted by Gasteiger charge is 2.14. The molecule has 0 heterocycles. The molecule has 2 aromatic rings. The van der Waals surface area contributed by atoms with Crippen molar-refractivity contribution in [3.8, 4) is 11.5 Å². The van der Waals surface area contributed by atoms with Crippen molar-refractivity contribution in [3.63, 3.8) is 0 Å². The molecule has 0 aliphatic carbocycles. The second kappa shape index (κ2) is 6.87. The summed E-state index contributed by atoms with van der Waals surface area (Å²) in [4.78, 5) is 0. The van der Waals surface area contributed by atoms with Crippen LogP contribution < -0.4 is 10.5 Å². The lowest BCUT2D eigenvalue weighted by atomic mass is 10.0. The summed E-state index contributed by atoms with van der Waals surface area (Å²) in [5, 5.41) is 0.130. The largest absolute Gasteiger partial charge is 0.455 e. The average Bonchev–Trinajstić information content (AvgIpc) is 2.45. The first-order valence-electron chi connectivity index (χ1n) is 6.67. The van der Waals surface area contributed by atoms with Gasteiger partial charge in [-0.05, 0) is 43.2 Å². The van der Waals surface area contributed by atoms with E-state index in [1.807, 2.05) is 6.92 Å². The Kier molecular flexibility index (Phi) is 5.15. The van der Waals surface area contributed by atoms with Gasteiger partial charge in [-0.2, -0.15) is 0 Å². The van der Waals surface area contributed by atoms with Crippen LogP contribution >= 0.6 is 11.6 Å². The van der Waals surface area contributed by atoms with Crippen LogP contribution in [-0.2, 0) is 6.42 Å². The van der Waals surface area contributed by atoms with Gasteiger partial charge in [0.15, 0.2) is 0 Å². The second-order valence-electron chi connectivity index (χ2n) is 4.77. The molecule has 1 atom stereocenters. The number of halogens is 3. The van der Waals surface area contributed by atoms with Crippen LogP contribution in [-0.4, -0.2) is 6.04 Å². The Bertz CT molecular complexity index is 634. The predicted octanol–water partition coefficient (Wildman–Crippen LogP) is 4.69. The topological polar surface area (TPSA) is 35.2 Å². The summed E-state index contributed by atoms with van der Waals surface area (Å²) < 4.78 is 32.6. The Hall–Kier alpha value is -1.65. The van der Waals surface area contributed by atoms with E-state index in [2.05, 4.69) is 0 Å². The summed E-state index contributed by atoms with van der Waals surface area (Å²) in [6.45, 7) is 1.93. The molecule has 0 fully saturated rings. The minimum Gasteiger partial charge on any atom is -0.455 e. The van der Waals surface area contributed by atoms with Gasteiger partial charge in [-0.15, -0.1) is 0 Å². The Morgan fingerprint density at radius 2 is 1.95 bits per heavy atom. The summed E-state index contributed by atoms with van der Waals surface area (Å²) in [5.41, 5.74) is 6.28. The summed E-state index contributed by atoms with van der Waals surface area (Å²) >= 11 is 5.92. The number of hydrogen-bond donors (Lipinski definition) is 1. The van der Waals surface area contributed by atoms with Crippen molar-refractivity contribution in [1.82, 2.24) is 0 Å². The molecule has 2 aromatic carbocycles. The molecule has 0 saturated carbocycles. The van der Waals surface area contributed by atoms with E-state index in [-0.39, 0.29) is 22.6 Å². The molecule has 2 N–H and O–H groups in total. The third-order valence-corrected chi connectivity index (χ3v) is 3.48. The SMILES string of the molecule is CCC(N)Cc1c(F)cccc1Oc1ccc(F)cc1Cl. The zero-order chi connectivity index (χ0) is 15.4. The normalized spacial score (nSPS) is 12.2. The third-order valence-electron chi connectivity index (χ3n) is 3.18. The van der Waals surface area contributed by atoms with Crippen molar-refractivity contribution in [2.75, 3.05) is 0 Å². The molecular formula is C16H16ClF2NO. The fourth-order valence-electron chi connectivity index (χ4n) is 1.92. The highest BCUT2D eigenvalue weighted by molar-refractivity contribution is 6.32. The van der Waals surface area contributed by atoms with E-state index in [0.29, 0.717) is 17.7 Å². The van der Waals surface area contributed by atoms with Gasteiger partial charge in [-0.25, -0.2) is 8.78 Å². The number of ether oxygens (including phenoxy) is 1. The van der Waals surface area contributed by atoms with E-state index >= 15 is 0 Å². The Labute approximate surface area is 127 Å². The molecule has 0 saturated heterocycles. The van der Waals surface area contributed by atoms with Gasteiger partial charge in [-0.3, -0.25) is 0 Å². The summed E-state index contributed by atoms with van der Waals surface area (Å²) in [5.74, 6) is -0.225. The van der Waals surface area contributed by atoms with E-state index in [0.717, 1.165) is 12.5 Å². The maximum atomic E-state index is 14.0. The highest BCUT2D eigenvalue weighted by atomic mass is 35.5. The van der Waals surface area contributed by atoms with Crippen LogP contribution in [0.5, 0.6) is 11.5 Å². The Balaban J connectivity index is 2.33. The second-order valence-corrected chi connectivity index (χ2v) is 5.17. The van der Waals surface area contributed by atoms with Crippen LogP contribution in [0.2, 0.25) is 5.02 Å². The van der Waals surface area contributed by atoms with Crippen molar-refractivity contribution in [3.05, 3.63) is 58.6 Å². The van der Waals surface area contributed by atoms with E-state index < -0.39 is 5.82 Å². The fourth-order valence-corrected chi connectivity index (χ4v) is 2.12. The zero-order valence-corrected chi connectivity index (χ0v) is 12.3. The predicted molar refractivity (Wildman–Crippen MR) is 79.9 cm³/mol. The van der Waals surface area contributed by atoms with Crippen LogP contribution in [0, 0.1) is 11.6 Å². The van der Waals surface area contributed by atoms with Crippen molar-refractivity contribution >= 4 is 11.6 Å². The number of benzene rings is 2. The summed E-state index contributed by atoms with van der Waals surface area (Å²) in [7, 11) is 0. The van der Waals surface area contributed by atoms with Crippen LogP contribution in [0.15, 0.2) is 36.4 Å². The highest BCUT2D eigenvalue weighted by Crippen LogP contribution is 2.33. The summed E-state index contributed by atoms with van der Waals surface area (Å²) in [6.07, 6.45) is 1.09. The maximum absolute atomic E-state index is 14.0. The Morgan fingerprint density at radius 3 is 2.62 bits per heavy atom. The lowest BCUT2D eigenvalue weighted by Crippen LogP contribution is -2.22. The first kappa shape index (κ1) is 15.7. The minimum atomic E-state index is -0.458. The van der Waals surface area contributed by atoms with Gasteiger partial charge in [0.05, 0.1) is 5.02 Å². The van der Waals surface area contributed by atoms with Gasteiger partial charge >= 0.3 is 0 Å². The van der Waals surface area contributed by atoms with Crippen molar-refractivity contribution < 1.29 is 13.5 Å². The standard InChI is InChI=1S/C16H16ClF2NO/c1-2-11(20)9-12-14(19)4-3-5-15(12)21-16-7-6-10(18)8-13(16)17/h3-8,11H,2,9,20H2,1H3. The maximum Gasteiger partial charge on any atom is 0.146 e. The number of nitrogens with two attached hydrogens (primary N) is 1. The van der Waals surface area contributed by atoms with E-state index in [1.54, 1.807) is 12.1 Å². The smallest absolute Gasteiger partial charge is 0.146 e. The lowest BCUT2D eigenvalue weighted by molar-refractivity contribution is 0.460. The van der Waals surface area contributed by atoms with Gasteiger partial charge in [-0.1, -0.05) is 24.6 Å². The lowest BCUT2D eigenvalue weighted by Gasteiger charge is -2.15. The molecule has 0 aliphatic heterocycles. The molecule has 1 unspecified atom stereocenters. The van der Waals surface area contributed by atoms with Crippen molar-refractivity contribution in [2.45, 2.75) is 25.8 Å². The molecule has 0 bridgehead atoms. The Morgan fingerprint density at radius 1 is 1.19 bits per heavy atom. The van der Waals surface area contributed by atoms with E-state index in [4.69, 9.17) is 22.1 Å². The fraction of sp³-hybridized carbons (Fsp3) is 0.250. The van der Waals surface area contributed by atoms with Crippen LogP contribution in [0.25, 0.3) is 0 Å². The van der Waals surface area contributed by atoms with Crippen molar-refractivity contribution in [1.29, 1.82) is 0 Å². The molecule has 0 spiro atoms. The first-order valence-corrected chi connectivity index (χ1v) is 7.05.